The van der Waals surface area contributed by atoms with Crippen LogP contribution in [0, 0.1) is 12.3 Å². The summed E-state index contributed by atoms with van der Waals surface area (Å²) in [5.74, 6) is -1.17. The fourth-order valence-corrected chi connectivity index (χ4v) is 6.71. The second kappa shape index (κ2) is 10.5. The number of rotatable bonds is 6. The van der Waals surface area contributed by atoms with Crippen molar-refractivity contribution < 1.29 is 19.4 Å². The Morgan fingerprint density at radius 1 is 1.12 bits per heavy atom. The van der Waals surface area contributed by atoms with Gasteiger partial charge in [-0.15, -0.1) is 0 Å². The fourth-order valence-electron chi connectivity index (χ4n) is 6.54. The van der Waals surface area contributed by atoms with E-state index in [2.05, 4.69) is 67.9 Å². The average molecular weight is 562 g/mol. The number of amides is 1. The van der Waals surface area contributed by atoms with Crippen molar-refractivity contribution in [1.82, 2.24) is 5.32 Å². The van der Waals surface area contributed by atoms with Gasteiger partial charge in [-0.05, 0) is 60.2 Å². The number of ether oxygens (including phenoxy) is 1. The molecule has 0 aliphatic carbocycles. The minimum absolute atomic E-state index is 0.00174. The summed E-state index contributed by atoms with van der Waals surface area (Å²) in [5.41, 5.74) is 4.46. The number of carboxylic acids is 1. The largest absolute Gasteiger partial charge is 0.495 e. The van der Waals surface area contributed by atoms with E-state index in [1.54, 1.807) is 6.07 Å². The molecule has 40 heavy (non-hydrogen) atoms. The minimum atomic E-state index is -1.06. The number of carbonyl (C=O) groups excluding carboxylic acids is 1. The van der Waals surface area contributed by atoms with Crippen molar-refractivity contribution in [1.29, 1.82) is 0 Å². The van der Waals surface area contributed by atoms with Crippen molar-refractivity contribution in [3.63, 3.8) is 0 Å². The number of carboxylic acid groups (broad SMARTS) is 1. The molecular formula is C32H36ClN3O4. The van der Waals surface area contributed by atoms with Crippen LogP contribution in [0.5, 0.6) is 5.75 Å². The van der Waals surface area contributed by atoms with E-state index in [4.69, 9.17) is 16.3 Å². The number of methoxy groups -OCH3 is 1. The molecule has 4 atom stereocenters. The Morgan fingerprint density at radius 3 is 2.58 bits per heavy atom. The second-order valence-corrected chi connectivity index (χ2v) is 12.6. The molecule has 0 aromatic heterocycles. The molecule has 210 valence electrons. The summed E-state index contributed by atoms with van der Waals surface area (Å²) in [6, 6.07) is 18.3. The van der Waals surface area contributed by atoms with E-state index in [9.17, 15) is 14.7 Å². The van der Waals surface area contributed by atoms with Crippen LogP contribution < -0.4 is 20.7 Å². The molecule has 1 amide bonds. The lowest BCUT2D eigenvalue weighted by molar-refractivity contribution is -0.118. The molecule has 7 nitrogen and oxygen atoms in total. The van der Waals surface area contributed by atoms with Crippen molar-refractivity contribution in [2.24, 2.45) is 5.41 Å². The summed E-state index contributed by atoms with van der Waals surface area (Å²) in [7, 11) is 1.46. The monoisotopic (exact) mass is 561 g/mol. The summed E-state index contributed by atoms with van der Waals surface area (Å²) < 4.78 is 5.44. The quantitative estimate of drug-likeness (QED) is 0.285. The lowest BCUT2D eigenvalue weighted by atomic mass is 9.63. The van der Waals surface area contributed by atoms with Crippen LogP contribution in [-0.2, 0) is 10.2 Å². The van der Waals surface area contributed by atoms with Gasteiger partial charge in [0.25, 0.3) is 0 Å². The van der Waals surface area contributed by atoms with Gasteiger partial charge in [-0.1, -0.05) is 68.3 Å². The first-order valence-corrected chi connectivity index (χ1v) is 13.9. The van der Waals surface area contributed by atoms with E-state index in [0.717, 1.165) is 28.8 Å². The van der Waals surface area contributed by atoms with Crippen molar-refractivity contribution in [2.75, 3.05) is 24.3 Å². The Bertz CT molecular complexity index is 1470. The lowest BCUT2D eigenvalue weighted by Gasteiger charge is -2.39. The molecule has 0 radical (unpaired) electrons. The lowest BCUT2D eigenvalue weighted by Crippen LogP contribution is -2.46. The van der Waals surface area contributed by atoms with Gasteiger partial charge >= 0.3 is 5.97 Å². The number of nitrogens with one attached hydrogen (secondary N) is 3. The molecule has 8 heteroatoms. The zero-order valence-corrected chi connectivity index (χ0v) is 24.2. The molecular weight excluding hydrogens is 526 g/mol. The van der Waals surface area contributed by atoms with Gasteiger partial charge in [0, 0.05) is 34.6 Å². The summed E-state index contributed by atoms with van der Waals surface area (Å²) in [4.78, 5) is 25.7. The molecule has 1 saturated heterocycles. The predicted molar refractivity (Wildman–Crippen MR) is 159 cm³/mol. The summed E-state index contributed by atoms with van der Waals surface area (Å²) in [5, 5.41) is 20.5. The minimum Gasteiger partial charge on any atom is -0.495 e. The first-order chi connectivity index (χ1) is 18.9. The molecule has 1 fully saturated rings. The Labute approximate surface area is 240 Å². The number of hydrogen-bond acceptors (Lipinski definition) is 5. The van der Waals surface area contributed by atoms with Gasteiger partial charge in [0.1, 0.15) is 5.75 Å². The second-order valence-electron chi connectivity index (χ2n) is 12.1. The molecule has 2 aliphatic rings. The number of aromatic carboxylic acids is 1. The number of fused-ring (bicyclic) bond motifs is 2. The van der Waals surface area contributed by atoms with Gasteiger partial charge in [0.15, 0.2) is 0 Å². The van der Waals surface area contributed by atoms with Crippen LogP contribution in [0.25, 0.3) is 0 Å². The highest BCUT2D eigenvalue weighted by atomic mass is 35.5. The van der Waals surface area contributed by atoms with E-state index in [0.29, 0.717) is 23.0 Å². The van der Waals surface area contributed by atoms with Crippen molar-refractivity contribution >= 4 is 34.9 Å². The molecule has 3 aromatic rings. The third-order valence-corrected chi connectivity index (χ3v) is 8.39. The highest BCUT2D eigenvalue weighted by Gasteiger charge is 2.61. The van der Waals surface area contributed by atoms with Gasteiger partial charge in [0.05, 0.1) is 24.4 Å². The molecule has 0 bridgehead atoms. The van der Waals surface area contributed by atoms with Gasteiger partial charge in [-0.3, -0.25) is 4.79 Å². The van der Waals surface area contributed by atoms with Crippen LogP contribution in [0.3, 0.4) is 0 Å². The van der Waals surface area contributed by atoms with Gasteiger partial charge in [-0.25, -0.2) is 4.79 Å². The van der Waals surface area contributed by atoms with Crippen LogP contribution >= 0.6 is 11.6 Å². The highest BCUT2D eigenvalue weighted by Crippen LogP contribution is 2.56. The average Bonchev–Trinajstić information content (AvgIpc) is 3.41. The predicted octanol–water partition coefficient (Wildman–Crippen LogP) is 6.22. The standard InChI is InChI=1S/C32H36ClN3O4/c1-18-7-6-8-19(13-18)27-28(29(37)35-23-12-9-20(30(38)39)14-25(23)40-5)36-26(16-31(2,3)4)32(27)17-34-24-15-21(33)10-11-22(24)32/h6-15,26-28,34,36H,16-17H2,1-5H3,(H,35,37)(H,38,39)/t26-,27-,28+,32-/m0/s1. The number of hydrogen-bond donors (Lipinski definition) is 4. The molecule has 0 unspecified atom stereocenters. The van der Waals surface area contributed by atoms with Gasteiger partial charge < -0.3 is 25.8 Å². The van der Waals surface area contributed by atoms with Crippen LogP contribution in [0.2, 0.25) is 5.02 Å². The Kier molecular flexibility index (Phi) is 7.31. The van der Waals surface area contributed by atoms with Crippen LogP contribution in [0.4, 0.5) is 11.4 Å². The van der Waals surface area contributed by atoms with Crippen LogP contribution in [0.15, 0.2) is 60.7 Å². The Hall–Kier alpha value is -3.55. The molecule has 0 saturated carbocycles. The molecule has 2 aliphatic heterocycles. The van der Waals surface area contributed by atoms with Crippen molar-refractivity contribution in [3.8, 4) is 5.75 Å². The normalized spacial score (nSPS) is 23.5. The smallest absolute Gasteiger partial charge is 0.335 e. The summed E-state index contributed by atoms with van der Waals surface area (Å²) in [6.07, 6.45) is 0.847. The zero-order chi connectivity index (χ0) is 28.8. The van der Waals surface area contributed by atoms with Crippen LogP contribution in [0.1, 0.15) is 60.2 Å². The molecule has 2 heterocycles. The third-order valence-electron chi connectivity index (χ3n) is 8.15. The number of anilines is 2. The topological polar surface area (TPSA) is 99.7 Å². The molecule has 4 N–H and O–H groups in total. The van der Waals surface area contributed by atoms with E-state index in [-0.39, 0.29) is 28.8 Å². The van der Waals surface area contributed by atoms with E-state index >= 15 is 0 Å². The summed E-state index contributed by atoms with van der Waals surface area (Å²) >= 11 is 6.40. The first kappa shape index (κ1) is 28.0. The van der Waals surface area contributed by atoms with E-state index in [1.165, 1.54) is 19.2 Å². The van der Waals surface area contributed by atoms with Crippen molar-refractivity contribution in [2.45, 2.75) is 57.5 Å². The van der Waals surface area contributed by atoms with Crippen LogP contribution in [-0.4, -0.2) is 42.7 Å². The Balaban J connectivity index is 1.63. The summed E-state index contributed by atoms with van der Waals surface area (Å²) in [6.45, 7) is 9.39. The number of carbonyl (C=O) groups is 2. The van der Waals surface area contributed by atoms with Gasteiger partial charge in [0.2, 0.25) is 5.91 Å². The highest BCUT2D eigenvalue weighted by molar-refractivity contribution is 6.30. The molecule has 3 aromatic carbocycles. The molecule has 1 spiro atoms. The van der Waals surface area contributed by atoms with Gasteiger partial charge in [-0.2, -0.15) is 0 Å². The molecule has 5 rings (SSSR count). The zero-order valence-electron chi connectivity index (χ0n) is 23.5. The maximum Gasteiger partial charge on any atom is 0.335 e. The number of benzene rings is 3. The first-order valence-electron chi connectivity index (χ1n) is 13.5. The number of aryl methyl sites for hydroxylation is 1. The van der Waals surface area contributed by atoms with E-state index in [1.807, 2.05) is 18.2 Å². The fraction of sp³-hybridized carbons (Fsp3) is 0.375. The third kappa shape index (κ3) is 5.04. The SMILES string of the molecule is COc1cc(C(=O)O)ccc1NC(=O)[C@@H]1N[C@@H](CC(C)(C)C)[C@@]2(CNc3cc(Cl)ccc32)[C@H]1c1cccc(C)c1. The maximum atomic E-state index is 14.2. The number of halogens is 1. The maximum absolute atomic E-state index is 14.2. The Morgan fingerprint density at radius 2 is 1.90 bits per heavy atom. The van der Waals surface area contributed by atoms with E-state index < -0.39 is 17.4 Å². The van der Waals surface area contributed by atoms with Crippen molar-refractivity contribution in [3.05, 3.63) is 87.9 Å².